The molecule has 0 aliphatic rings. The fraction of sp³-hybridized carbons (Fsp3) is 0.182. The number of hydrogen-bond donors (Lipinski definition) is 4. The molecule has 7 nitrogen and oxygen atoms in total. The minimum Gasteiger partial charge on any atom is -0.480 e. The van der Waals surface area contributed by atoms with Crippen molar-refractivity contribution in [3.63, 3.8) is 0 Å². The summed E-state index contributed by atoms with van der Waals surface area (Å²) in [6.07, 6.45) is -0.711. The highest BCUT2D eigenvalue weighted by atomic mass is 19.1. The van der Waals surface area contributed by atoms with E-state index in [4.69, 9.17) is 10.8 Å². The fourth-order valence-electron chi connectivity index (χ4n) is 1.37. The molecule has 0 fully saturated rings. The topological polar surface area (TPSA) is 122 Å². The number of primary amides is 1. The summed E-state index contributed by atoms with van der Waals surface area (Å²) in [4.78, 5) is 32.8. The zero-order valence-electron chi connectivity index (χ0n) is 10.3. The van der Waals surface area contributed by atoms with Crippen molar-refractivity contribution in [2.75, 3.05) is 5.32 Å². The molecule has 3 amide bonds. The molecule has 0 aliphatic carbocycles. The third kappa shape index (κ3) is 4.67. The van der Waals surface area contributed by atoms with Crippen LogP contribution in [0.1, 0.15) is 6.42 Å². The number of aliphatic carboxylic acids is 1. The van der Waals surface area contributed by atoms with Crippen molar-refractivity contribution in [2.45, 2.75) is 12.5 Å². The number of carboxylic acids is 1. The van der Waals surface area contributed by atoms with Gasteiger partial charge in [0.2, 0.25) is 5.91 Å². The summed E-state index contributed by atoms with van der Waals surface area (Å²) in [6.45, 7) is 0. The molecule has 1 rings (SSSR count). The number of anilines is 1. The standard InChI is InChI=1S/C11H10F3N3O4/c12-4-1-5(13)9(6(14)2-4)17-11(21)16-7(10(19)20)3-8(15)18/h1-2,7H,3H2,(H2,15,18)(H,19,20)(H2,16,17,21)/t7-/m0/s1. The smallest absolute Gasteiger partial charge is 0.326 e. The number of nitrogens with two attached hydrogens (primary N) is 1. The molecular weight excluding hydrogens is 295 g/mol. The van der Waals surface area contributed by atoms with Gasteiger partial charge in [0, 0.05) is 12.1 Å². The molecular formula is C11H10F3N3O4. The summed E-state index contributed by atoms with van der Waals surface area (Å²) in [6, 6.07) is -2.31. The van der Waals surface area contributed by atoms with E-state index in [1.165, 1.54) is 0 Å². The molecule has 0 bridgehead atoms. The van der Waals surface area contributed by atoms with Gasteiger partial charge in [-0.05, 0) is 0 Å². The lowest BCUT2D eigenvalue weighted by molar-refractivity contribution is -0.140. The maximum Gasteiger partial charge on any atom is 0.326 e. The predicted octanol–water partition coefficient (Wildman–Crippen LogP) is 0.554. The van der Waals surface area contributed by atoms with Gasteiger partial charge in [-0.15, -0.1) is 0 Å². The van der Waals surface area contributed by atoms with Crippen LogP contribution in [0.4, 0.5) is 23.7 Å². The lowest BCUT2D eigenvalue weighted by Gasteiger charge is -2.14. The van der Waals surface area contributed by atoms with Gasteiger partial charge >= 0.3 is 12.0 Å². The van der Waals surface area contributed by atoms with Gasteiger partial charge in [-0.25, -0.2) is 22.8 Å². The summed E-state index contributed by atoms with van der Waals surface area (Å²) in [5.74, 6) is -6.52. The quantitative estimate of drug-likeness (QED) is 0.634. The average molecular weight is 305 g/mol. The molecule has 0 aromatic heterocycles. The molecule has 10 heteroatoms. The minimum absolute atomic E-state index is 0.330. The number of nitrogens with one attached hydrogen (secondary N) is 2. The average Bonchev–Trinajstić information content (AvgIpc) is 2.32. The van der Waals surface area contributed by atoms with Crippen molar-refractivity contribution in [1.29, 1.82) is 0 Å². The number of rotatable bonds is 5. The molecule has 0 spiro atoms. The van der Waals surface area contributed by atoms with Crippen LogP contribution in [-0.2, 0) is 9.59 Å². The number of carbonyl (C=O) groups excluding carboxylic acids is 2. The number of hydrogen-bond acceptors (Lipinski definition) is 3. The molecule has 1 aromatic rings. The zero-order chi connectivity index (χ0) is 16.2. The van der Waals surface area contributed by atoms with E-state index in [0.29, 0.717) is 12.1 Å². The Labute approximate surface area is 115 Å². The Hall–Kier alpha value is -2.78. The van der Waals surface area contributed by atoms with Gasteiger partial charge in [-0.3, -0.25) is 4.79 Å². The Morgan fingerprint density at radius 1 is 1.19 bits per heavy atom. The monoisotopic (exact) mass is 305 g/mol. The summed E-state index contributed by atoms with van der Waals surface area (Å²) in [5, 5.41) is 12.2. The van der Waals surface area contributed by atoms with Crippen LogP contribution in [0.15, 0.2) is 12.1 Å². The molecule has 21 heavy (non-hydrogen) atoms. The van der Waals surface area contributed by atoms with E-state index in [2.05, 4.69) is 0 Å². The van der Waals surface area contributed by atoms with E-state index < -0.39 is 53.5 Å². The van der Waals surface area contributed by atoms with Crippen LogP contribution in [0.25, 0.3) is 0 Å². The molecule has 0 radical (unpaired) electrons. The van der Waals surface area contributed by atoms with Crippen LogP contribution in [0.5, 0.6) is 0 Å². The molecule has 5 N–H and O–H groups in total. The Morgan fingerprint density at radius 2 is 1.71 bits per heavy atom. The van der Waals surface area contributed by atoms with Gasteiger partial charge in [0.25, 0.3) is 0 Å². The van der Waals surface area contributed by atoms with Crippen molar-refractivity contribution in [3.05, 3.63) is 29.6 Å². The van der Waals surface area contributed by atoms with Crippen molar-refractivity contribution in [1.82, 2.24) is 5.32 Å². The van der Waals surface area contributed by atoms with Crippen molar-refractivity contribution < 1.29 is 32.7 Å². The first-order chi connectivity index (χ1) is 9.70. The summed E-state index contributed by atoms with van der Waals surface area (Å²) < 4.78 is 39.2. The normalized spacial score (nSPS) is 11.6. The maximum absolute atomic E-state index is 13.3. The van der Waals surface area contributed by atoms with Gasteiger partial charge in [0.05, 0.1) is 6.42 Å². The Morgan fingerprint density at radius 3 is 2.14 bits per heavy atom. The van der Waals surface area contributed by atoms with E-state index in [0.717, 1.165) is 0 Å². The van der Waals surface area contributed by atoms with Crippen LogP contribution in [-0.4, -0.2) is 29.1 Å². The second-order valence-corrected chi connectivity index (χ2v) is 3.90. The number of benzene rings is 1. The van der Waals surface area contributed by atoms with Gasteiger partial charge < -0.3 is 21.5 Å². The number of carbonyl (C=O) groups is 3. The maximum atomic E-state index is 13.3. The Kier molecular flexibility index (Phi) is 5.11. The third-order valence-electron chi connectivity index (χ3n) is 2.25. The highest BCUT2D eigenvalue weighted by Gasteiger charge is 2.23. The highest BCUT2D eigenvalue weighted by molar-refractivity contribution is 5.94. The molecule has 0 saturated heterocycles. The van der Waals surface area contributed by atoms with Crippen LogP contribution >= 0.6 is 0 Å². The van der Waals surface area contributed by atoms with Gasteiger partial charge in [-0.2, -0.15) is 0 Å². The zero-order valence-corrected chi connectivity index (χ0v) is 10.3. The van der Waals surface area contributed by atoms with Gasteiger partial charge in [0.15, 0.2) is 11.6 Å². The largest absolute Gasteiger partial charge is 0.480 e. The second-order valence-electron chi connectivity index (χ2n) is 3.90. The summed E-state index contributed by atoms with van der Waals surface area (Å²) in [5.41, 5.74) is 3.83. The molecule has 0 unspecified atom stereocenters. The van der Waals surface area contributed by atoms with E-state index in [9.17, 15) is 27.6 Å². The first kappa shape index (κ1) is 16.3. The van der Waals surface area contributed by atoms with Crippen molar-refractivity contribution in [3.8, 4) is 0 Å². The highest BCUT2D eigenvalue weighted by Crippen LogP contribution is 2.19. The lowest BCUT2D eigenvalue weighted by atomic mass is 10.2. The number of carboxylic acid groups (broad SMARTS) is 1. The number of halogens is 3. The SMILES string of the molecule is NC(=O)C[C@H](NC(=O)Nc1c(F)cc(F)cc1F)C(=O)O. The van der Waals surface area contributed by atoms with E-state index >= 15 is 0 Å². The summed E-state index contributed by atoms with van der Waals surface area (Å²) >= 11 is 0. The van der Waals surface area contributed by atoms with E-state index in [1.807, 2.05) is 0 Å². The molecule has 1 atom stereocenters. The van der Waals surface area contributed by atoms with Crippen LogP contribution < -0.4 is 16.4 Å². The first-order valence-electron chi connectivity index (χ1n) is 5.44. The van der Waals surface area contributed by atoms with Crippen LogP contribution in [0, 0.1) is 17.5 Å². The molecule has 0 aliphatic heterocycles. The predicted molar refractivity (Wildman–Crippen MR) is 63.7 cm³/mol. The molecule has 0 heterocycles. The first-order valence-corrected chi connectivity index (χ1v) is 5.44. The fourth-order valence-corrected chi connectivity index (χ4v) is 1.37. The lowest BCUT2D eigenvalue weighted by Crippen LogP contribution is -2.45. The number of amides is 3. The molecule has 1 aromatic carbocycles. The van der Waals surface area contributed by atoms with E-state index in [-0.39, 0.29) is 0 Å². The Balaban J connectivity index is 2.82. The van der Waals surface area contributed by atoms with Gasteiger partial charge in [-0.1, -0.05) is 0 Å². The molecule has 114 valence electrons. The summed E-state index contributed by atoms with van der Waals surface area (Å²) in [7, 11) is 0. The van der Waals surface area contributed by atoms with Crippen LogP contribution in [0.3, 0.4) is 0 Å². The van der Waals surface area contributed by atoms with Gasteiger partial charge in [0.1, 0.15) is 17.5 Å². The molecule has 0 saturated carbocycles. The Bertz CT molecular complexity index is 571. The number of urea groups is 1. The minimum atomic E-state index is -1.67. The van der Waals surface area contributed by atoms with E-state index in [1.54, 1.807) is 10.6 Å². The third-order valence-corrected chi connectivity index (χ3v) is 2.25. The van der Waals surface area contributed by atoms with Crippen molar-refractivity contribution in [2.24, 2.45) is 5.73 Å². The second kappa shape index (κ2) is 6.59. The van der Waals surface area contributed by atoms with Crippen LogP contribution in [0.2, 0.25) is 0 Å². The van der Waals surface area contributed by atoms with Crippen molar-refractivity contribution >= 4 is 23.6 Å².